The summed E-state index contributed by atoms with van der Waals surface area (Å²) in [5.74, 6) is -2.92. The second-order valence-electron chi connectivity index (χ2n) is 4.97. The largest absolute Gasteiger partial charge is 0.462 e. The predicted octanol–water partition coefficient (Wildman–Crippen LogP) is 0.911. The number of Topliss-reactive ketones (excluding diaryl/α,β-unsaturated/α-hetero) is 2. The quantitative estimate of drug-likeness (QED) is 0.236. The number of carbonyl (C=O) groups excluding carboxylic acids is 5. The lowest BCUT2D eigenvalue weighted by Gasteiger charge is -2.09. The van der Waals surface area contributed by atoms with Crippen molar-refractivity contribution >= 4 is 29.5 Å². The van der Waals surface area contributed by atoms with Gasteiger partial charge in [-0.2, -0.15) is 0 Å². The molecule has 0 N–H and O–H groups in total. The zero-order valence-corrected chi connectivity index (χ0v) is 14.1. The normalized spacial score (nSPS) is 10.7. The lowest BCUT2D eigenvalue weighted by atomic mass is 10.2. The number of carbonyl (C=O) groups is 5. The molecule has 0 amide bonds. The van der Waals surface area contributed by atoms with Gasteiger partial charge in [-0.3, -0.25) is 19.2 Å². The molecule has 0 rings (SSSR count). The van der Waals surface area contributed by atoms with Gasteiger partial charge < -0.3 is 14.2 Å². The fourth-order valence-electron chi connectivity index (χ4n) is 1.39. The molecule has 0 aromatic heterocycles. The first kappa shape index (κ1) is 21.5. The van der Waals surface area contributed by atoms with Crippen molar-refractivity contribution in [1.82, 2.24) is 0 Å². The van der Waals surface area contributed by atoms with E-state index in [4.69, 9.17) is 14.2 Å². The maximum atomic E-state index is 11.8. The molecule has 8 nitrogen and oxygen atoms in total. The Morgan fingerprint density at radius 1 is 0.833 bits per heavy atom. The molecule has 0 aliphatic heterocycles. The SMILES string of the molecule is CCCOC(=O)C(=CCOC(=O)CC(C)=O)COC(=O)CC(C)=O. The molecular weight excluding hydrogens is 320 g/mol. The van der Waals surface area contributed by atoms with Gasteiger partial charge in [-0.15, -0.1) is 0 Å². The van der Waals surface area contributed by atoms with Crippen LogP contribution >= 0.6 is 0 Å². The number of ketones is 2. The first-order chi connectivity index (χ1) is 11.3. The minimum atomic E-state index is -0.773. The van der Waals surface area contributed by atoms with Crippen molar-refractivity contribution in [2.45, 2.75) is 40.0 Å². The van der Waals surface area contributed by atoms with E-state index in [1.165, 1.54) is 19.9 Å². The molecule has 0 bridgehead atoms. The molecule has 134 valence electrons. The van der Waals surface area contributed by atoms with Crippen molar-refractivity contribution in [3.8, 4) is 0 Å². The second kappa shape index (κ2) is 12.0. The van der Waals surface area contributed by atoms with Crippen LogP contribution in [-0.2, 0) is 38.2 Å². The highest BCUT2D eigenvalue weighted by molar-refractivity contribution is 5.95. The van der Waals surface area contributed by atoms with Gasteiger partial charge in [0.1, 0.15) is 37.6 Å². The van der Waals surface area contributed by atoms with Crippen LogP contribution in [0.3, 0.4) is 0 Å². The topological polar surface area (TPSA) is 113 Å². The molecule has 0 saturated carbocycles. The van der Waals surface area contributed by atoms with Gasteiger partial charge in [-0.1, -0.05) is 6.92 Å². The summed E-state index contributed by atoms with van der Waals surface area (Å²) in [4.78, 5) is 56.0. The molecule has 0 aromatic rings. The molecule has 0 saturated heterocycles. The van der Waals surface area contributed by atoms with Crippen molar-refractivity contribution in [3.63, 3.8) is 0 Å². The summed E-state index contributed by atoms with van der Waals surface area (Å²) >= 11 is 0. The fraction of sp³-hybridized carbons (Fsp3) is 0.562. The van der Waals surface area contributed by atoms with Crippen LogP contribution < -0.4 is 0 Å². The van der Waals surface area contributed by atoms with Gasteiger partial charge in [0.25, 0.3) is 0 Å². The summed E-state index contributed by atoms with van der Waals surface area (Å²) < 4.78 is 14.5. The number of hydrogen-bond acceptors (Lipinski definition) is 8. The first-order valence-corrected chi connectivity index (χ1v) is 7.42. The molecule has 0 aliphatic carbocycles. The highest BCUT2D eigenvalue weighted by Gasteiger charge is 2.15. The smallest absolute Gasteiger partial charge is 0.337 e. The molecule has 0 fully saturated rings. The molecular formula is C16H22O8. The van der Waals surface area contributed by atoms with Gasteiger partial charge in [0, 0.05) is 0 Å². The van der Waals surface area contributed by atoms with Crippen molar-refractivity contribution in [3.05, 3.63) is 11.6 Å². The average Bonchev–Trinajstić information content (AvgIpc) is 2.46. The summed E-state index contributed by atoms with van der Waals surface area (Å²) in [7, 11) is 0. The van der Waals surface area contributed by atoms with Crippen molar-refractivity contribution < 1.29 is 38.2 Å². The highest BCUT2D eigenvalue weighted by atomic mass is 16.6. The summed E-state index contributed by atoms with van der Waals surface area (Å²) in [6, 6.07) is 0. The lowest BCUT2D eigenvalue weighted by molar-refractivity contribution is -0.148. The van der Waals surface area contributed by atoms with Gasteiger partial charge >= 0.3 is 17.9 Å². The van der Waals surface area contributed by atoms with E-state index in [0.717, 1.165) is 0 Å². The van der Waals surface area contributed by atoms with Crippen LogP contribution in [0.5, 0.6) is 0 Å². The van der Waals surface area contributed by atoms with Crippen LogP contribution in [0.4, 0.5) is 0 Å². The van der Waals surface area contributed by atoms with Crippen molar-refractivity contribution in [1.29, 1.82) is 0 Å². The number of esters is 3. The van der Waals surface area contributed by atoms with Gasteiger partial charge in [0.2, 0.25) is 0 Å². The second-order valence-corrected chi connectivity index (χ2v) is 4.97. The third-order valence-corrected chi connectivity index (χ3v) is 2.45. The molecule has 0 spiro atoms. The van der Waals surface area contributed by atoms with Gasteiger partial charge in [0.05, 0.1) is 12.2 Å². The van der Waals surface area contributed by atoms with Crippen LogP contribution in [0.2, 0.25) is 0 Å². The third kappa shape index (κ3) is 11.1. The highest BCUT2D eigenvalue weighted by Crippen LogP contribution is 2.03. The fourth-order valence-corrected chi connectivity index (χ4v) is 1.39. The van der Waals surface area contributed by atoms with Gasteiger partial charge in [-0.05, 0) is 26.3 Å². The average molecular weight is 342 g/mol. The Balaban J connectivity index is 4.67. The molecule has 0 aromatic carbocycles. The van der Waals surface area contributed by atoms with E-state index in [0.29, 0.717) is 6.42 Å². The monoisotopic (exact) mass is 342 g/mol. The number of ether oxygens (including phenoxy) is 3. The van der Waals surface area contributed by atoms with Crippen LogP contribution in [0.1, 0.15) is 40.0 Å². The van der Waals surface area contributed by atoms with E-state index in [9.17, 15) is 24.0 Å². The third-order valence-electron chi connectivity index (χ3n) is 2.45. The Morgan fingerprint density at radius 2 is 1.38 bits per heavy atom. The zero-order chi connectivity index (χ0) is 18.5. The van der Waals surface area contributed by atoms with E-state index < -0.39 is 30.9 Å². The maximum Gasteiger partial charge on any atom is 0.337 e. The minimum absolute atomic E-state index is 0.0176. The van der Waals surface area contributed by atoms with Crippen molar-refractivity contribution in [2.24, 2.45) is 0 Å². The molecule has 0 radical (unpaired) electrons. The number of hydrogen-bond donors (Lipinski definition) is 0. The van der Waals surface area contributed by atoms with Crippen LogP contribution in [-0.4, -0.2) is 49.3 Å². The van der Waals surface area contributed by atoms with Gasteiger partial charge in [0.15, 0.2) is 0 Å². The number of rotatable bonds is 11. The maximum absolute atomic E-state index is 11.8. The van der Waals surface area contributed by atoms with E-state index in [2.05, 4.69) is 0 Å². The van der Waals surface area contributed by atoms with E-state index >= 15 is 0 Å². The molecule has 0 unspecified atom stereocenters. The molecule has 24 heavy (non-hydrogen) atoms. The Bertz CT molecular complexity index is 518. The van der Waals surface area contributed by atoms with E-state index in [1.54, 1.807) is 0 Å². The molecule has 0 heterocycles. The zero-order valence-electron chi connectivity index (χ0n) is 14.1. The van der Waals surface area contributed by atoms with Crippen LogP contribution in [0, 0.1) is 0 Å². The summed E-state index contributed by atoms with van der Waals surface area (Å²) in [6.07, 6.45) is 1.08. The van der Waals surface area contributed by atoms with Gasteiger partial charge in [-0.25, -0.2) is 4.79 Å². The van der Waals surface area contributed by atoms with E-state index in [1.807, 2.05) is 6.92 Å². The Morgan fingerprint density at radius 3 is 1.88 bits per heavy atom. The van der Waals surface area contributed by atoms with Crippen LogP contribution in [0.25, 0.3) is 0 Å². The molecule has 0 aliphatic rings. The lowest BCUT2D eigenvalue weighted by Crippen LogP contribution is -2.18. The molecule has 8 heteroatoms. The standard InChI is InChI=1S/C16H22O8/c1-4-6-23-16(21)13(10-24-15(20)9-12(3)18)5-7-22-14(19)8-11(2)17/h5H,4,6-10H2,1-3H3. The summed E-state index contributed by atoms with van der Waals surface area (Å²) in [5, 5.41) is 0. The Kier molecular flexibility index (Phi) is 10.7. The Labute approximate surface area is 140 Å². The van der Waals surface area contributed by atoms with E-state index in [-0.39, 0.29) is 36.8 Å². The summed E-state index contributed by atoms with van der Waals surface area (Å²) in [5.41, 5.74) is -0.0176. The van der Waals surface area contributed by atoms with Crippen LogP contribution in [0.15, 0.2) is 11.6 Å². The first-order valence-electron chi connectivity index (χ1n) is 7.42. The predicted molar refractivity (Wildman–Crippen MR) is 81.8 cm³/mol. The minimum Gasteiger partial charge on any atom is -0.462 e. The summed E-state index contributed by atoms with van der Waals surface area (Å²) in [6.45, 7) is 3.81. The van der Waals surface area contributed by atoms with Crippen molar-refractivity contribution in [2.75, 3.05) is 19.8 Å². The Hall–Kier alpha value is -2.51. The molecule has 0 atom stereocenters.